The molecule has 0 radical (unpaired) electrons. The lowest BCUT2D eigenvalue weighted by Gasteiger charge is -2.09. The topological polar surface area (TPSA) is 9.23 Å². The first-order valence-electron chi connectivity index (χ1n) is 4.98. The highest BCUT2D eigenvalue weighted by Crippen LogP contribution is 2.13. The predicted octanol–water partition coefficient (Wildman–Crippen LogP) is 4.81. The minimum absolute atomic E-state index is 0.375. The zero-order valence-electron chi connectivity index (χ0n) is 9.63. The van der Waals surface area contributed by atoms with Crippen LogP contribution in [0.3, 0.4) is 0 Å². The SMILES string of the molecule is CC(C)OC(C)C.Clc1cccc(Cl)c1. The van der Waals surface area contributed by atoms with Crippen molar-refractivity contribution in [1.82, 2.24) is 0 Å². The van der Waals surface area contributed by atoms with E-state index in [0.29, 0.717) is 22.3 Å². The highest BCUT2D eigenvalue weighted by atomic mass is 35.5. The molecule has 0 aliphatic carbocycles. The molecular formula is C12H18Cl2O. The molecule has 1 nitrogen and oxygen atoms in total. The van der Waals surface area contributed by atoms with E-state index in [2.05, 4.69) is 0 Å². The molecule has 0 unspecified atom stereocenters. The lowest BCUT2D eigenvalue weighted by molar-refractivity contribution is 0.0300. The van der Waals surface area contributed by atoms with Crippen LogP contribution in [0.5, 0.6) is 0 Å². The Labute approximate surface area is 102 Å². The average molecular weight is 249 g/mol. The Kier molecular flexibility index (Phi) is 7.85. The minimum Gasteiger partial charge on any atom is -0.376 e. The molecule has 0 saturated heterocycles. The van der Waals surface area contributed by atoms with Crippen LogP contribution in [0.2, 0.25) is 10.0 Å². The summed E-state index contributed by atoms with van der Waals surface area (Å²) in [5, 5.41) is 1.36. The van der Waals surface area contributed by atoms with E-state index in [1.165, 1.54) is 0 Å². The standard InChI is InChI=1S/C6H4Cl2.C6H14O/c7-5-2-1-3-6(8)4-5;1-5(2)7-6(3)4/h1-4H;5-6H,1-4H3. The molecule has 1 rings (SSSR count). The molecule has 3 heteroatoms. The fourth-order valence-electron chi connectivity index (χ4n) is 1.00. The summed E-state index contributed by atoms with van der Waals surface area (Å²) < 4.78 is 5.25. The maximum atomic E-state index is 5.56. The van der Waals surface area contributed by atoms with Gasteiger partial charge in [0.15, 0.2) is 0 Å². The monoisotopic (exact) mass is 248 g/mol. The number of ether oxygens (including phenoxy) is 1. The molecule has 86 valence electrons. The molecule has 0 bridgehead atoms. The second kappa shape index (κ2) is 7.98. The Balaban J connectivity index is 0.000000265. The van der Waals surface area contributed by atoms with Crippen LogP contribution in [0.1, 0.15) is 27.7 Å². The zero-order chi connectivity index (χ0) is 11.8. The van der Waals surface area contributed by atoms with Crippen molar-refractivity contribution in [2.45, 2.75) is 39.9 Å². The summed E-state index contributed by atoms with van der Waals surface area (Å²) in [6.07, 6.45) is 0.750. The van der Waals surface area contributed by atoms with Gasteiger partial charge in [-0.25, -0.2) is 0 Å². The fourth-order valence-corrected chi connectivity index (χ4v) is 1.44. The van der Waals surface area contributed by atoms with Gasteiger partial charge in [-0.1, -0.05) is 29.3 Å². The van der Waals surface area contributed by atoms with Gasteiger partial charge in [0.25, 0.3) is 0 Å². The second-order valence-corrected chi connectivity index (χ2v) is 4.55. The van der Waals surface area contributed by atoms with E-state index in [9.17, 15) is 0 Å². The van der Waals surface area contributed by atoms with Crippen molar-refractivity contribution in [3.63, 3.8) is 0 Å². The third-order valence-corrected chi connectivity index (χ3v) is 1.80. The summed E-state index contributed by atoms with van der Waals surface area (Å²) in [5.74, 6) is 0. The summed E-state index contributed by atoms with van der Waals surface area (Å²) in [7, 11) is 0. The van der Waals surface area contributed by atoms with Gasteiger partial charge in [-0.15, -0.1) is 0 Å². The van der Waals surface area contributed by atoms with Crippen molar-refractivity contribution >= 4 is 23.2 Å². The van der Waals surface area contributed by atoms with Gasteiger partial charge in [-0.3, -0.25) is 0 Å². The normalized spacial score (nSPS) is 10.1. The predicted molar refractivity (Wildman–Crippen MR) is 67.8 cm³/mol. The maximum Gasteiger partial charge on any atom is 0.0522 e. The Morgan fingerprint density at radius 2 is 1.33 bits per heavy atom. The molecule has 0 aliphatic rings. The number of hydrogen-bond acceptors (Lipinski definition) is 1. The molecular weight excluding hydrogens is 231 g/mol. The molecule has 0 fully saturated rings. The van der Waals surface area contributed by atoms with Crippen molar-refractivity contribution in [2.24, 2.45) is 0 Å². The van der Waals surface area contributed by atoms with E-state index in [1.54, 1.807) is 18.2 Å². The van der Waals surface area contributed by atoms with Crippen molar-refractivity contribution in [1.29, 1.82) is 0 Å². The quantitative estimate of drug-likeness (QED) is 0.730. The molecule has 0 heterocycles. The van der Waals surface area contributed by atoms with Crippen LogP contribution in [0, 0.1) is 0 Å². The molecule has 0 amide bonds. The van der Waals surface area contributed by atoms with Gasteiger partial charge in [0.1, 0.15) is 0 Å². The van der Waals surface area contributed by atoms with Gasteiger partial charge in [0.2, 0.25) is 0 Å². The van der Waals surface area contributed by atoms with E-state index in [-0.39, 0.29) is 0 Å². The molecule has 0 N–H and O–H groups in total. The van der Waals surface area contributed by atoms with E-state index in [0.717, 1.165) is 0 Å². The molecule has 0 saturated carbocycles. The van der Waals surface area contributed by atoms with Gasteiger partial charge in [-0.2, -0.15) is 0 Å². The number of hydrogen-bond donors (Lipinski definition) is 0. The first kappa shape index (κ1) is 14.8. The van der Waals surface area contributed by atoms with Gasteiger partial charge in [0, 0.05) is 10.0 Å². The largest absolute Gasteiger partial charge is 0.376 e. The molecule has 0 spiro atoms. The van der Waals surface area contributed by atoms with Crippen LogP contribution in [0.4, 0.5) is 0 Å². The van der Waals surface area contributed by atoms with Crippen molar-refractivity contribution in [2.75, 3.05) is 0 Å². The van der Waals surface area contributed by atoms with Crippen LogP contribution in [-0.4, -0.2) is 12.2 Å². The number of benzene rings is 1. The highest BCUT2D eigenvalue weighted by Gasteiger charge is 1.94. The summed E-state index contributed by atoms with van der Waals surface area (Å²) in [6, 6.07) is 7.08. The van der Waals surface area contributed by atoms with E-state index in [4.69, 9.17) is 27.9 Å². The van der Waals surface area contributed by atoms with Crippen LogP contribution in [0.15, 0.2) is 24.3 Å². The third-order valence-electron chi connectivity index (χ3n) is 1.33. The molecule has 1 aromatic carbocycles. The smallest absolute Gasteiger partial charge is 0.0522 e. The molecule has 15 heavy (non-hydrogen) atoms. The molecule has 0 aliphatic heterocycles. The number of halogens is 2. The van der Waals surface area contributed by atoms with Crippen molar-refractivity contribution in [3.8, 4) is 0 Å². The molecule has 1 aromatic rings. The summed E-state index contributed by atoms with van der Waals surface area (Å²) in [4.78, 5) is 0. The zero-order valence-corrected chi connectivity index (χ0v) is 11.1. The average Bonchev–Trinajstić information content (AvgIpc) is 2.01. The lowest BCUT2D eigenvalue weighted by Crippen LogP contribution is -2.09. The van der Waals surface area contributed by atoms with Gasteiger partial charge in [0.05, 0.1) is 12.2 Å². The van der Waals surface area contributed by atoms with Crippen LogP contribution in [-0.2, 0) is 4.74 Å². The van der Waals surface area contributed by atoms with E-state index >= 15 is 0 Å². The minimum atomic E-state index is 0.375. The Bertz CT molecular complexity index is 249. The van der Waals surface area contributed by atoms with Gasteiger partial charge < -0.3 is 4.74 Å². The first-order valence-corrected chi connectivity index (χ1v) is 5.74. The van der Waals surface area contributed by atoms with Crippen LogP contribution >= 0.6 is 23.2 Å². The second-order valence-electron chi connectivity index (χ2n) is 3.67. The van der Waals surface area contributed by atoms with Crippen LogP contribution in [0.25, 0.3) is 0 Å². The highest BCUT2D eigenvalue weighted by molar-refractivity contribution is 6.34. The van der Waals surface area contributed by atoms with Gasteiger partial charge >= 0.3 is 0 Å². The molecule has 0 aromatic heterocycles. The summed E-state index contributed by atoms with van der Waals surface area (Å²) in [5.41, 5.74) is 0. The maximum absolute atomic E-state index is 5.56. The van der Waals surface area contributed by atoms with Crippen molar-refractivity contribution in [3.05, 3.63) is 34.3 Å². The van der Waals surface area contributed by atoms with Crippen LogP contribution < -0.4 is 0 Å². The Morgan fingerprint density at radius 1 is 0.933 bits per heavy atom. The third kappa shape index (κ3) is 10.1. The first-order chi connectivity index (χ1) is 6.91. The Morgan fingerprint density at radius 3 is 1.47 bits per heavy atom. The van der Waals surface area contributed by atoms with Gasteiger partial charge in [-0.05, 0) is 45.9 Å². The van der Waals surface area contributed by atoms with E-state index < -0.39 is 0 Å². The summed E-state index contributed by atoms with van der Waals surface area (Å²) >= 11 is 11.1. The lowest BCUT2D eigenvalue weighted by atomic mass is 10.4. The fraction of sp³-hybridized carbons (Fsp3) is 0.500. The van der Waals surface area contributed by atoms with Crippen molar-refractivity contribution < 1.29 is 4.74 Å². The molecule has 0 atom stereocenters. The number of rotatable bonds is 2. The Hall–Kier alpha value is -0.240. The summed E-state index contributed by atoms with van der Waals surface area (Å²) in [6.45, 7) is 8.17. The van der Waals surface area contributed by atoms with E-state index in [1.807, 2.05) is 33.8 Å².